The summed E-state index contributed by atoms with van der Waals surface area (Å²) in [6.45, 7) is -2.88. The van der Waals surface area contributed by atoms with Gasteiger partial charge in [0.25, 0.3) is 17.0 Å². The number of H-pyrrole nitrogens is 1. The summed E-state index contributed by atoms with van der Waals surface area (Å²) in [7, 11) is 0. The molecule has 44 heavy (non-hydrogen) atoms. The lowest BCUT2D eigenvalue weighted by atomic mass is 10.1. The van der Waals surface area contributed by atoms with Crippen molar-refractivity contribution < 1.29 is 44.3 Å². The molecule has 0 radical (unpaired) electrons. The molecule has 0 saturated heterocycles. The molecule has 9 nitrogen and oxygen atoms in total. The molecule has 1 aromatic carbocycles. The van der Waals surface area contributed by atoms with E-state index in [0.717, 1.165) is 29.2 Å². The van der Waals surface area contributed by atoms with Gasteiger partial charge >= 0.3 is 12.8 Å². The number of ether oxygens (including phenoxy) is 1. The van der Waals surface area contributed by atoms with E-state index in [1.165, 1.54) is 18.3 Å². The van der Waals surface area contributed by atoms with Crippen LogP contribution in [0.1, 0.15) is 30.9 Å². The summed E-state index contributed by atoms with van der Waals surface area (Å²) < 4.78 is 120. The van der Waals surface area contributed by atoms with E-state index in [2.05, 4.69) is 19.8 Å². The minimum Gasteiger partial charge on any atom is -0.397 e. The molecule has 0 aliphatic carbocycles. The molecule has 0 amide bonds. The number of nitrogen functional groups attached to an aromatic ring is 1. The molecule has 18 heteroatoms. The van der Waals surface area contributed by atoms with Crippen molar-refractivity contribution in [2.45, 2.75) is 51.2 Å². The Labute approximate surface area is 241 Å². The number of nitrogens with two attached hydrogens (primary N) is 1. The van der Waals surface area contributed by atoms with Crippen molar-refractivity contribution in [2.24, 2.45) is 0 Å². The first-order chi connectivity index (χ1) is 20.5. The van der Waals surface area contributed by atoms with Crippen molar-refractivity contribution in [2.75, 3.05) is 12.3 Å². The monoisotopic (exact) mass is 638 g/mol. The molecule has 4 aromatic rings. The van der Waals surface area contributed by atoms with Gasteiger partial charge in [0.1, 0.15) is 17.6 Å². The Bertz CT molecular complexity index is 1690. The topological polar surface area (TPSA) is 129 Å². The lowest BCUT2D eigenvalue weighted by Gasteiger charge is -2.13. The predicted octanol–water partition coefficient (Wildman–Crippen LogP) is 5.44. The van der Waals surface area contributed by atoms with Crippen molar-refractivity contribution >= 4 is 16.5 Å². The van der Waals surface area contributed by atoms with Gasteiger partial charge in [0.05, 0.1) is 41.5 Å². The van der Waals surface area contributed by atoms with E-state index in [9.17, 15) is 49.1 Å². The van der Waals surface area contributed by atoms with Gasteiger partial charge in [0.15, 0.2) is 5.82 Å². The Hall–Kier alpha value is -4.48. The van der Waals surface area contributed by atoms with E-state index in [-0.39, 0.29) is 42.8 Å². The fraction of sp³-hybridized carbons (Fsp3) is 0.346. The number of fused-ring (bicyclic) bond motifs is 1. The number of benzene rings is 1. The highest BCUT2D eigenvalue weighted by Crippen LogP contribution is 2.30. The minimum absolute atomic E-state index is 0.0151. The maximum atomic E-state index is 14.7. The van der Waals surface area contributed by atoms with Crippen LogP contribution in [-0.2, 0) is 23.4 Å². The third-order valence-corrected chi connectivity index (χ3v) is 5.93. The number of aromatic amines is 1. The molecule has 1 atom stereocenters. The van der Waals surface area contributed by atoms with Crippen molar-refractivity contribution in [3.8, 4) is 11.4 Å². The molecule has 0 spiro atoms. The standard InChI is InChI=1S/C21H19F6N3O2.C5H4F3N3O/c1-21(26,27)13-9-28-18(29-10-13)16-7-12-4-5-30(19(31)15(12)8-17(16)23)11-14(22)3-2-6-32-20(24)25;6-5(7,8)3-2(9)1-10-11-4(3)12/h4-5,7-10,14,20H,2-3,6,11H2,1H3;1H,(H3,9,11,12). The Morgan fingerprint density at radius 2 is 1.70 bits per heavy atom. The van der Waals surface area contributed by atoms with Crippen molar-refractivity contribution in [3.63, 3.8) is 0 Å². The van der Waals surface area contributed by atoms with Crippen LogP contribution >= 0.6 is 0 Å². The Kier molecular flexibility index (Phi) is 10.7. The predicted molar refractivity (Wildman–Crippen MR) is 139 cm³/mol. The van der Waals surface area contributed by atoms with Gasteiger partial charge in [0.2, 0.25) is 0 Å². The number of alkyl halides is 8. The molecule has 3 N–H and O–H groups in total. The molecular formula is C26H23F9N6O3. The average Bonchev–Trinajstić information content (AvgIpc) is 2.92. The van der Waals surface area contributed by atoms with E-state index in [1.807, 2.05) is 0 Å². The number of anilines is 1. The second kappa shape index (κ2) is 13.9. The van der Waals surface area contributed by atoms with Crippen molar-refractivity contribution in [3.05, 3.63) is 80.6 Å². The Balaban J connectivity index is 0.000000369. The van der Waals surface area contributed by atoms with Crippen LogP contribution < -0.4 is 16.9 Å². The van der Waals surface area contributed by atoms with Crippen molar-refractivity contribution in [1.29, 1.82) is 0 Å². The first-order valence-corrected chi connectivity index (χ1v) is 12.5. The fourth-order valence-corrected chi connectivity index (χ4v) is 3.80. The van der Waals surface area contributed by atoms with Crippen LogP contribution in [0.2, 0.25) is 0 Å². The third-order valence-electron chi connectivity index (χ3n) is 5.93. The minimum atomic E-state index is -4.74. The van der Waals surface area contributed by atoms with Gasteiger partial charge in [0, 0.05) is 25.5 Å². The number of nitrogens with zero attached hydrogens (tertiary/aromatic N) is 4. The first kappa shape index (κ1) is 34.0. The van der Waals surface area contributed by atoms with E-state index >= 15 is 0 Å². The quantitative estimate of drug-likeness (QED) is 0.185. The lowest BCUT2D eigenvalue weighted by Crippen LogP contribution is -2.24. The van der Waals surface area contributed by atoms with Crippen LogP contribution in [0.4, 0.5) is 45.2 Å². The van der Waals surface area contributed by atoms with Crippen LogP contribution in [-0.4, -0.2) is 44.1 Å². The molecule has 0 aliphatic rings. The zero-order valence-electron chi connectivity index (χ0n) is 22.5. The zero-order valence-corrected chi connectivity index (χ0v) is 22.5. The highest BCUT2D eigenvalue weighted by molar-refractivity contribution is 5.86. The van der Waals surface area contributed by atoms with Crippen LogP contribution in [0.25, 0.3) is 22.2 Å². The highest BCUT2D eigenvalue weighted by Gasteiger charge is 2.36. The van der Waals surface area contributed by atoms with Crippen LogP contribution in [0.5, 0.6) is 0 Å². The maximum absolute atomic E-state index is 14.7. The van der Waals surface area contributed by atoms with Crippen molar-refractivity contribution in [1.82, 2.24) is 24.7 Å². The average molecular weight is 638 g/mol. The summed E-state index contributed by atoms with van der Waals surface area (Å²) in [5, 5.41) is 5.05. The van der Waals surface area contributed by atoms with Crippen LogP contribution in [0, 0.1) is 5.82 Å². The van der Waals surface area contributed by atoms with Gasteiger partial charge in [-0.25, -0.2) is 32.6 Å². The Morgan fingerprint density at radius 1 is 1.05 bits per heavy atom. The molecule has 3 heterocycles. The summed E-state index contributed by atoms with van der Waals surface area (Å²) in [5.74, 6) is -4.11. The van der Waals surface area contributed by atoms with E-state index in [1.54, 1.807) is 5.10 Å². The molecule has 0 saturated carbocycles. The molecule has 0 fully saturated rings. The summed E-state index contributed by atoms with van der Waals surface area (Å²) in [6.07, 6.45) is -2.39. The number of rotatable bonds is 9. The highest BCUT2D eigenvalue weighted by atomic mass is 19.4. The zero-order chi connectivity index (χ0) is 32.8. The molecule has 4 rings (SSSR count). The van der Waals surface area contributed by atoms with E-state index in [0.29, 0.717) is 12.3 Å². The van der Waals surface area contributed by atoms with Gasteiger partial charge < -0.3 is 15.0 Å². The van der Waals surface area contributed by atoms with Crippen LogP contribution in [0.3, 0.4) is 0 Å². The normalized spacial score (nSPS) is 12.7. The summed E-state index contributed by atoms with van der Waals surface area (Å²) >= 11 is 0. The number of halogens is 9. The molecular weight excluding hydrogens is 615 g/mol. The number of aromatic nitrogens is 5. The summed E-state index contributed by atoms with van der Waals surface area (Å²) in [4.78, 5) is 30.8. The second-order valence-electron chi connectivity index (χ2n) is 9.27. The third kappa shape index (κ3) is 8.77. The maximum Gasteiger partial charge on any atom is 0.423 e. The molecule has 0 aliphatic heterocycles. The Morgan fingerprint density at radius 3 is 2.25 bits per heavy atom. The van der Waals surface area contributed by atoms with E-state index in [4.69, 9.17) is 5.73 Å². The largest absolute Gasteiger partial charge is 0.423 e. The lowest BCUT2D eigenvalue weighted by molar-refractivity contribution is -0.138. The van der Waals surface area contributed by atoms with Gasteiger partial charge in [-0.05, 0) is 36.4 Å². The van der Waals surface area contributed by atoms with Gasteiger partial charge in [-0.2, -0.15) is 27.1 Å². The van der Waals surface area contributed by atoms with Crippen LogP contribution in [0.15, 0.2) is 52.6 Å². The fourth-order valence-electron chi connectivity index (χ4n) is 3.80. The number of hydrogen-bond donors (Lipinski definition) is 2. The molecule has 3 aromatic heterocycles. The van der Waals surface area contributed by atoms with E-state index < -0.39 is 58.6 Å². The first-order valence-electron chi connectivity index (χ1n) is 12.5. The summed E-state index contributed by atoms with van der Waals surface area (Å²) in [5.41, 5.74) is 0.352. The van der Waals surface area contributed by atoms with Gasteiger partial charge in [-0.3, -0.25) is 9.59 Å². The summed E-state index contributed by atoms with van der Waals surface area (Å²) in [6, 6.07) is 3.74. The SMILES string of the molecule is CC(F)(F)c1cnc(-c2cc3ccn(CC(F)CCCOC(F)F)c(=O)c3cc2F)nc1.Nc1cn[nH]c(=O)c1C(F)(F)F. The molecule has 0 bridgehead atoms. The second-order valence-corrected chi connectivity index (χ2v) is 9.27. The number of hydrogen-bond acceptors (Lipinski definition) is 7. The number of pyridine rings is 1. The molecule has 1 unspecified atom stereocenters. The molecule has 238 valence electrons. The smallest absolute Gasteiger partial charge is 0.397 e. The van der Waals surface area contributed by atoms with Gasteiger partial charge in [-0.15, -0.1) is 0 Å². The number of nitrogens with one attached hydrogen (secondary N) is 1. The van der Waals surface area contributed by atoms with Gasteiger partial charge in [-0.1, -0.05) is 0 Å².